The average Bonchev–Trinajstić information content (AvgIpc) is 2.03. The molecule has 0 bridgehead atoms. The lowest BCUT2D eigenvalue weighted by atomic mass is 10.3. The van der Waals surface area contributed by atoms with Gasteiger partial charge in [0.05, 0.1) is 16.8 Å². The molecule has 0 aliphatic carbocycles. The first kappa shape index (κ1) is 8.09. The number of rotatable bonds is 2. The van der Waals surface area contributed by atoms with E-state index in [9.17, 15) is 0 Å². The van der Waals surface area contributed by atoms with Crippen LogP contribution in [0.1, 0.15) is 5.56 Å². The molecule has 0 saturated carbocycles. The molecule has 0 unspecified atom stereocenters. The molecule has 11 heavy (non-hydrogen) atoms. The van der Waals surface area contributed by atoms with Gasteiger partial charge in [-0.25, -0.2) is 4.98 Å². The van der Waals surface area contributed by atoms with E-state index in [2.05, 4.69) is 11.1 Å². The zero-order chi connectivity index (χ0) is 8.10. The van der Waals surface area contributed by atoms with Crippen molar-refractivity contribution in [1.29, 1.82) is 5.26 Å². The summed E-state index contributed by atoms with van der Waals surface area (Å²) in [4.78, 5) is 4.13. The lowest BCUT2D eigenvalue weighted by Gasteiger charge is -1.98. The number of hydrogen-bond acceptors (Lipinski definition) is 3. The first-order valence-corrected chi connectivity index (χ1v) is 4.24. The van der Waals surface area contributed by atoms with E-state index in [0.29, 0.717) is 5.75 Å². The molecule has 0 N–H and O–H groups in total. The molecule has 0 aliphatic rings. The minimum absolute atomic E-state index is 0.470. The van der Waals surface area contributed by atoms with E-state index < -0.39 is 0 Å². The lowest BCUT2D eigenvalue weighted by molar-refractivity contribution is 1.08. The fourth-order valence-electron chi connectivity index (χ4n) is 0.723. The standard InChI is InChI=1S/C8H8N2S/c1-7-3-2-5-10-8(7)11-6-4-9/h2-3,5H,6H2,1H3. The van der Waals surface area contributed by atoms with Gasteiger partial charge in [0.1, 0.15) is 0 Å². The Morgan fingerprint density at radius 3 is 3.18 bits per heavy atom. The van der Waals surface area contributed by atoms with Crippen LogP contribution in [-0.2, 0) is 0 Å². The first-order valence-electron chi connectivity index (χ1n) is 3.26. The molecule has 0 aromatic carbocycles. The molecule has 0 radical (unpaired) electrons. The number of thioether (sulfide) groups is 1. The smallest absolute Gasteiger partial charge is 0.0998 e. The Bertz CT molecular complexity index is 278. The molecule has 3 heteroatoms. The van der Waals surface area contributed by atoms with Crippen molar-refractivity contribution in [3.05, 3.63) is 23.9 Å². The molecule has 1 aromatic rings. The van der Waals surface area contributed by atoms with Crippen molar-refractivity contribution in [1.82, 2.24) is 4.98 Å². The molecule has 56 valence electrons. The van der Waals surface area contributed by atoms with E-state index in [-0.39, 0.29) is 0 Å². The summed E-state index contributed by atoms with van der Waals surface area (Å²) >= 11 is 1.47. The van der Waals surface area contributed by atoms with Gasteiger partial charge in [-0.1, -0.05) is 17.8 Å². The van der Waals surface area contributed by atoms with Gasteiger partial charge >= 0.3 is 0 Å². The van der Waals surface area contributed by atoms with Crippen LogP contribution in [0.15, 0.2) is 23.4 Å². The van der Waals surface area contributed by atoms with Crippen LogP contribution in [0.4, 0.5) is 0 Å². The van der Waals surface area contributed by atoms with Crippen LogP contribution in [-0.4, -0.2) is 10.7 Å². The zero-order valence-corrected chi connectivity index (χ0v) is 7.06. The normalized spacial score (nSPS) is 9.09. The molecule has 1 heterocycles. The van der Waals surface area contributed by atoms with Crippen molar-refractivity contribution in [2.24, 2.45) is 0 Å². The first-order chi connectivity index (χ1) is 5.34. The van der Waals surface area contributed by atoms with E-state index in [1.54, 1.807) is 6.20 Å². The number of nitriles is 1. The summed E-state index contributed by atoms with van der Waals surface area (Å²) in [5, 5.41) is 9.27. The summed E-state index contributed by atoms with van der Waals surface area (Å²) in [6.45, 7) is 1.99. The van der Waals surface area contributed by atoms with Crippen LogP contribution in [0.3, 0.4) is 0 Å². The predicted octanol–water partition coefficient (Wildman–Crippen LogP) is 2.01. The van der Waals surface area contributed by atoms with Crippen molar-refractivity contribution in [2.75, 3.05) is 5.75 Å². The Hall–Kier alpha value is -1.01. The monoisotopic (exact) mass is 164 g/mol. The van der Waals surface area contributed by atoms with E-state index in [1.807, 2.05) is 19.1 Å². The molecule has 2 nitrogen and oxygen atoms in total. The van der Waals surface area contributed by atoms with Crippen LogP contribution in [0.2, 0.25) is 0 Å². The van der Waals surface area contributed by atoms with Crippen molar-refractivity contribution in [2.45, 2.75) is 11.9 Å². The topological polar surface area (TPSA) is 36.7 Å². The molecule has 1 rings (SSSR count). The van der Waals surface area contributed by atoms with Gasteiger partial charge in [-0.05, 0) is 18.6 Å². The molecule has 0 atom stereocenters. The molecule has 0 amide bonds. The van der Waals surface area contributed by atoms with Gasteiger partial charge < -0.3 is 0 Å². The molecular weight excluding hydrogens is 156 g/mol. The maximum Gasteiger partial charge on any atom is 0.0998 e. The second-order valence-electron chi connectivity index (χ2n) is 2.07. The van der Waals surface area contributed by atoms with Crippen LogP contribution in [0, 0.1) is 18.3 Å². The number of hydrogen-bond donors (Lipinski definition) is 0. The Morgan fingerprint density at radius 1 is 1.73 bits per heavy atom. The summed E-state index contributed by atoms with van der Waals surface area (Å²) in [5.74, 6) is 0.470. The highest BCUT2D eigenvalue weighted by Crippen LogP contribution is 2.17. The minimum atomic E-state index is 0.470. The van der Waals surface area contributed by atoms with E-state index in [0.717, 1.165) is 10.6 Å². The lowest BCUT2D eigenvalue weighted by Crippen LogP contribution is -1.83. The van der Waals surface area contributed by atoms with Crippen molar-refractivity contribution in [3.63, 3.8) is 0 Å². The molecule has 0 fully saturated rings. The highest BCUT2D eigenvalue weighted by molar-refractivity contribution is 7.99. The summed E-state index contributed by atoms with van der Waals surface area (Å²) < 4.78 is 0. The Balaban J connectivity index is 2.71. The van der Waals surface area contributed by atoms with Crippen molar-refractivity contribution < 1.29 is 0 Å². The Morgan fingerprint density at radius 2 is 2.55 bits per heavy atom. The third kappa shape index (κ3) is 2.24. The van der Waals surface area contributed by atoms with Crippen LogP contribution in [0.5, 0.6) is 0 Å². The maximum absolute atomic E-state index is 8.32. The van der Waals surface area contributed by atoms with Crippen LogP contribution in [0.25, 0.3) is 0 Å². The summed E-state index contributed by atoms with van der Waals surface area (Å²) in [7, 11) is 0. The summed E-state index contributed by atoms with van der Waals surface area (Å²) in [6, 6.07) is 5.95. The second-order valence-corrected chi connectivity index (χ2v) is 3.04. The Kier molecular flexibility index (Phi) is 2.94. The van der Waals surface area contributed by atoms with Gasteiger partial charge in [-0.3, -0.25) is 0 Å². The van der Waals surface area contributed by atoms with Gasteiger partial charge in [0.2, 0.25) is 0 Å². The zero-order valence-electron chi connectivity index (χ0n) is 6.24. The highest BCUT2D eigenvalue weighted by Gasteiger charge is 1.96. The quantitative estimate of drug-likeness (QED) is 0.627. The number of pyridine rings is 1. The molecule has 1 aromatic heterocycles. The van der Waals surface area contributed by atoms with Crippen molar-refractivity contribution >= 4 is 11.8 Å². The SMILES string of the molecule is Cc1cccnc1SCC#N. The average molecular weight is 164 g/mol. The summed E-state index contributed by atoms with van der Waals surface area (Å²) in [6.07, 6.45) is 1.74. The third-order valence-corrected chi connectivity index (χ3v) is 2.21. The molecule has 0 spiro atoms. The van der Waals surface area contributed by atoms with Gasteiger partial charge in [0, 0.05) is 6.20 Å². The fraction of sp³-hybridized carbons (Fsp3) is 0.250. The van der Waals surface area contributed by atoms with E-state index >= 15 is 0 Å². The third-order valence-electron chi connectivity index (χ3n) is 1.23. The second kappa shape index (κ2) is 3.99. The molecular formula is C8H8N2S. The van der Waals surface area contributed by atoms with Gasteiger partial charge in [0.25, 0.3) is 0 Å². The van der Waals surface area contributed by atoms with Gasteiger partial charge in [-0.2, -0.15) is 5.26 Å². The van der Waals surface area contributed by atoms with Crippen LogP contribution >= 0.6 is 11.8 Å². The van der Waals surface area contributed by atoms with Gasteiger partial charge in [0.15, 0.2) is 0 Å². The fourth-order valence-corrected chi connectivity index (χ4v) is 1.36. The Labute approximate surface area is 70.3 Å². The van der Waals surface area contributed by atoms with E-state index in [1.165, 1.54) is 11.8 Å². The van der Waals surface area contributed by atoms with Gasteiger partial charge in [-0.15, -0.1) is 0 Å². The summed E-state index contributed by atoms with van der Waals surface area (Å²) in [5.41, 5.74) is 1.13. The molecule has 0 saturated heterocycles. The number of aryl methyl sites for hydroxylation is 1. The minimum Gasteiger partial charge on any atom is -0.250 e. The molecule has 0 aliphatic heterocycles. The van der Waals surface area contributed by atoms with Crippen molar-refractivity contribution in [3.8, 4) is 6.07 Å². The number of aromatic nitrogens is 1. The maximum atomic E-state index is 8.32. The highest BCUT2D eigenvalue weighted by atomic mass is 32.2. The number of nitrogens with zero attached hydrogens (tertiary/aromatic N) is 2. The van der Waals surface area contributed by atoms with Crippen LogP contribution < -0.4 is 0 Å². The van der Waals surface area contributed by atoms with E-state index in [4.69, 9.17) is 5.26 Å². The largest absolute Gasteiger partial charge is 0.250 e. The predicted molar refractivity (Wildman–Crippen MR) is 45.3 cm³/mol.